The van der Waals surface area contributed by atoms with Crippen LogP contribution in [0.3, 0.4) is 0 Å². The molecule has 0 amide bonds. The fourth-order valence-electron chi connectivity index (χ4n) is 5.83. The molecule has 0 saturated heterocycles. The Labute approximate surface area is 289 Å². The SMILES string of the molecule is [2H]c1c([2H])c([2H])c(-c2c([2H])c([2H])c(N(c3c([2H])c([2H])c4c([2H])c([2H])c([2H])c([2H])c4c3[2H])c3cccc4oc5c6ccccc6c(-c6ccccc6)cc5c34)c([2H])c2[2H])c([2H])c1[2H]. The van der Waals surface area contributed by atoms with Gasteiger partial charge in [-0.1, -0.05) is 133 Å². The molecule has 216 valence electrons. The summed E-state index contributed by atoms with van der Waals surface area (Å²) in [6.45, 7) is 0. The van der Waals surface area contributed by atoms with Gasteiger partial charge in [-0.2, -0.15) is 0 Å². The van der Waals surface area contributed by atoms with Crippen molar-refractivity contribution >= 4 is 60.5 Å². The van der Waals surface area contributed by atoms with E-state index in [4.69, 9.17) is 18.1 Å². The molecule has 0 atom stereocenters. The van der Waals surface area contributed by atoms with Crippen molar-refractivity contribution in [1.29, 1.82) is 0 Å². The van der Waals surface area contributed by atoms with Crippen LogP contribution in [0.5, 0.6) is 0 Å². The lowest BCUT2D eigenvalue weighted by molar-refractivity contribution is 0.672. The monoisotopic (exact) mass is 603 g/mol. The number of nitrogens with zero attached hydrogens (tertiary/aromatic N) is 1. The lowest BCUT2D eigenvalue weighted by atomic mass is 9.95. The Balaban J connectivity index is 1.48. The van der Waals surface area contributed by atoms with Gasteiger partial charge in [0, 0.05) is 22.1 Å². The summed E-state index contributed by atoms with van der Waals surface area (Å²) in [5.41, 5.74) is 0.168. The highest BCUT2D eigenvalue weighted by atomic mass is 16.3. The quantitative estimate of drug-likeness (QED) is 0.195. The highest BCUT2D eigenvalue weighted by Crippen LogP contribution is 2.46. The molecular weight excluding hydrogens is 558 g/mol. The average Bonchev–Trinajstić information content (AvgIpc) is 3.66. The molecule has 2 nitrogen and oxygen atoms in total. The molecule has 1 aromatic heterocycles. The fourth-order valence-corrected chi connectivity index (χ4v) is 5.83. The molecule has 0 bridgehead atoms. The normalized spacial score (nSPS) is 16.3. The molecule has 0 aliphatic heterocycles. The summed E-state index contributed by atoms with van der Waals surface area (Å²) in [5, 5.41) is 1.59. The second-order valence-corrected chi connectivity index (χ2v) is 10.5. The summed E-state index contributed by atoms with van der Waals surface area (Å²) in [5.74, 6) is 0. The first-order chi connectivity index (χ1) is 29.5. The third-order valence-corrected chi connectivity index (χ3v) is 7.85. The average molecular weight is 604 g/mol. The van der Waals surface area contributed by atoms with Crippen molar-refractivity contribution in [3.05, 3.63) is 176 Å². The maximum Gasteiger partial charge on any atom is 0.143 e. The van der Waals surface area contributed by atoms with Gasteiger partial charge in [0.25, 0.3) is 0 Å². The predicted molar refractivity (Wildman–Crippen MR) is 194 cm³/mol. The number of rotatable bonds is 5. The second-order valence-electron chi connectivity index (χ2n) is 10.5. The van der Waals surface area contributed by atoms with Crippen molar-refractivity contribution in [1.82, 2.24) is 0 Å². The van der Waals surface area contributed by atoms with Gasteiger partial charge in [-0.05, 0) is 80.8 Å². The summed E-state index contributed by atoms with van der Waals surface area (Å²) in [4.78, 5) is 1.09. The number of benzene rings is 8. The second kappa shape index (κ2) is 10.8. The van der Waals surface area contributed by atoms with E-state index in [0.717, 1.165) is 26.8 Å². The van der Waals surface area contributed by atoms with Gasteiger partial charge in [0.15, 0.2) is 0 Å². The first-order valence-corrected chi connectivity index (χ1v) is 14.4. The van der Waals surface area contributed by atoms with E-state index in [2.05, 4.69) is 0 Å². The van der Waals surface area contributed by atoms with Crippen molar-refractivity contribution in [3.8, 4) is 22.3 Å². The topological polar surface area (TPSA) is 16.4 Å². The van der Waals surface area contributed by atoms with Gasteiger partial charge in [-0.25, -0.2) is 0 Å². The zero-order chi connectivity index (χ0) is 44.4. The molecule has 46 heavy (non-hydrogen) atoms. The Morgan fingerprint density at radius 1 is 0.500 bits per heavy atom. The van der Waals surface area contributed by atoms with Crippen LogP contribution in [0.4, 0.5) is 17.1 Å². The third kappa shape index (κ3) is 4.35. The first kappa shape index (κ1) is 14.8. The third-order valence-electron chi connectivity index (χ3n) is 7.85. The molecule has 8 aromatic carbocycles. The van der Waals surface area contributed by atoms with E-state index in [0.29, 0.717) is 16.4 Å². The molecule has 0 saturated carbocycles. The molecule has 2 heteroatoms. The molecule has 9 rings (SSSR count). The highest BCUT2D eigenvalue weighted by Gasteiger charge is 2.22. The summed E-state index contributed by atoms with van der Waals surface area (Å²) in [7, 11) is 0. The van der Waals surface area contributed by atoms with Crippen LogP contribution >= 0.6 is 0 Å². The lowest BCUT2D eigenvalue weighted by Crippen LogP contribution is -2.10. The van der Waals surface area contributed by atoms with Crippen LogP contribution in [0.2, 0.25) is 0 Å². The minimum atomic E-state index is -0.821. The molecule has 0 N–H and O–H groups in total. The Bertz CT molecular complexity index is 3380. The standard InChI is InChI=1S/C44H29NO/c1-3-12-30(13-4-1)32-22-25-35(26-23-32)45(36-27-24-31-14-7-8-17-34(31)28-36)41-20-11-21-42-43(41)40-29-39(33-15-5-2-6-16-33)37-18-9-10-19-38(37)44(40)46-42/h1-29H/i1D,3D,4D,7D,8D,12D,13D,14D,17D,22D,23D,24D,25D,26D,27D,28D. The van der Waals surface area contributed by atoms with Gasteiger partial charge in [0.1, 0.15) is 11.2 Å². The van der Waals surface area contributed by atoms with Gasteiger partial charge in [0.2, 0.25) is 0 Å². The van der Waals surface area contributed by atoms with Crippen LogP contribution in [-0.2, 0) is 0 Å². The van der Waals surface area contributed by atoms with E-state index < -0.39 is 130 Å². The van der Waals surface area contributed by atoms with E-state index in [1.54, 1.807) is 12.1 Å². The molecular formula is C44H29NO. The van der Waals surface area contributed by atoms with Gasteiger partial charge in [-0.15, -0.1) is 0 Å². The summed E-state index contributed by atoms with van der Waals surface area (Å²) < 4.78 is 148. The van der Waals surface area contributed by atoms with Gasteiger partial charge in [0.05, 0.1) is 33.0 Å². The number of hydrogen-bond donors (Lipinski definition) is 0. The zero-order valence-electron chi connectivity index (χ0n) is 39.9. The number of fused-ring (bicyclic) bond motifs is 6. The number of furan rings is 1. The van der Waals surface area contributed by atoms with Crippen LogP contribution in [0.1, 0.15) is 21.9 Å². The molecule has 0 fully saturated rings. The van der Waals surface area contributed by atoms with Crippen molar-refractivity contribution in [2.75, 3.05) is 4.90 Å². The smallest absolute Gasteiger partial charge is 0.143 e. The van der Waals surface area contributed by atoms with Crippen molar-refractivity contribution in [2.45, 2.75) is 0 Å². The van der Waals surface area contributed by atoms with Crippen LogP contribution in [0.15, 0.2) is 180 Å². The number of hydrogen-bond acceptors (Lipinski definition) is 2. The molecule has 0 unspecified atom stereocenters. The largest absolute Gasteiger partial charge is 0.455 e. The van der Waals surface area contributed by atoms with Crippen LogP contribution in [0, 0.1) is 0 Å². The zero-order valence-corrected chi connectivity index (χ0v) is 23.9. The minimum absolute atomic E-state index is 0.0495. The van der Waals surface area contributed by atoms with Crippen molar-refractivity contribution < 1.29 is 26.3 Å². The summed E-state index contributed by atoms with van der Waals surface area (Å²) in [6.07, 6.45) is 0. The molecule has 0 aliphatic rings. The molecule has 9 aromatic rings. The maximum absolute atomic E-state index is 9.61. The summed E-state index contributed by atoms with van der Waals surface area (Å²) in [6, 6.07) is 11.9. The van der Waals surface area contributed by atoms with E-state index in [1.807, 2.05) is 60.7 Å². The van der Waals surface area contributed by atoms with E-state index in [-0.39, 0.29) is 11.3 Å². The minimum Gasteiger partial charge on any atom is -0.455 e. The van der Waals surface area contributed by atoms with Gasteiger partial charge < -0.3 is 9.32 Å². The Kier molecular flexibility index (Phi) is 3.47. The first-order valence-electron chi connectivity index (χ1n) is 22.4. The lowest BCUT2D eigenvalue weighted by Gasteiger charge is -2.27. The van der Waals surface area contributed by atoms with Crippen LogP contribution in [0.25, 0.3) is 65.7 Å². The summed E-state index contributed by atoms with van der Waals surface area (Å²) >= 11 is 0. The van der Waals surface area contributed by atoms with E-state index in [1.165, 1.54) is 6.07 Å². The molecule has 1 heterocycles. The molecule has 0 aliphatic carbocycles. The predicted octanol–water partition coefficient (Wildman–Crippen LogP) is 12.7. The molecule has 0 spiro atoms. The number of anilines is 3. The Morgan fingerprint density at radius 3 is 2.02 bits per heavy atom. The Hall–Kier alpha value is -6.12. The van der Waals surface area contributed by atoms with Crippen LogP contribution < -0.4 is 4.90 Å². The van der Waals surface area contributed by atoms with Crippen LogP contribution in [-0.4, -0.2) is 0 Å². The Morgan fingerprint density at radius 2 is 1.20 bits per heavy atom. The highest BCUT2D eigenvalue weighted by molar-refractivity contribution is 6.22. The van der Waals surface area contributed by atoms with Gasteiger partial charge in [-0.3, -0.25) is 0 Å². The van der Waals surface area contributed by atoms with Gasteiger partial charge >= 0.3 is 0 Å². The molecule has 0 radical (unpaired) electrons. The van der Waals surface area contributed by atoms with E-state index in [9.17, 15) is 8.22 Å². The van der Waals surface area contributed by atoms with Crippen molar-refractivity contribution in [2.24, 2.45) is 0 Å². The maximum atomic E-state index is 9.61. The van der Waals surface area contributed by atoms with E-state index >= 15 is 0 Å². The fraction of sp³-hybridized carbons (Fsp3) is 0. The van der Waals surface area contributed by atoms with Crippen molar-refractivity contribution in [3.63, 3.8) is 0 Å².